The monoisotopic (exact) mass is 827 g/mol. The van der Waals surface area contributed by atoms with Gasteiger partial charge in [-0.25, -0.2) is 15.0 Å². The molecule has 65 heavy (non-hydrogen) atoms. The minimum atomic E-state index is -0.202. The van der Waals surface area contributed by atoms with Gasteiger partial charge in [0.15, 0.2) is 0 Å². The summed E-state index contributed by atoms with van der Waals surface area (Å²) in [6.07, 6.45) is 3.70. The van der Waals surface area contributed by atoms with Crippen molar-refractivity contribution in [1.82, 2.24) is 24.9 Å². The van der Waals surface area contributed by atoms with E-state index in [2.05, 4.69) is 177 Å². The maximum absolute atomic E-state index is 5.36. The summed E-state index contributed by atoms with van der Waals surface area (Å²) in [6, 6.07) is 63.4. The molecule has 5 heteroatoms. The molecule has 0 spiro atoms. The van der Waals surface area contributed by atoms with Crippen molar-refractivity contribution in [2.24, 2.45) is 0 Å². The molecule has 1 aliphatic carbocycles. The summed E-state index contributed by atoms with van der Waals surface area (Å²) in [7, 11) is 0. The van der Waals surface area contributed by atoms with Gasteiger partial charge >= 0.3 is 0 Å². The molecule has 0 N–H and O–H groups in total. The molecule has 0 aliphatic heterocycles. The zero-order chi connectivity index (χ0) is 43.0. The molecule has 13 aromatic rings. The van der Waals surface area contributed by atoms with Crippen LogP contribution < -0.4 is 0 Å². The van der Waals surface area contributed by atoms with Crippen molar-refractivity contribution in [3.63, 3.8) is 0 Å². The molecule has 0 fully saturated rings. The summed E-state index contributed by atoms with van der Waals surface area (Å²) < 4.78 is 0. The average Bonchev–Trinajstić information content (AvgIpc) is 3.59. The van der Waals surface area contributed by atoms with E-state index in [9.17, 15) is 0 Å². The zero-order valence-corrected chi connectivity index (χ0v) is 35.6. The Hall–Kier alpha value is -8.41. The van der Waals surface area contributed by atoms with E-state index >= 15 is 0 Å². The Labute approximate surface area is 373 Å². The quantitative estimate of drug-likeness (QED) is 0.166. The molecule has 0 bridgehead atoms. The molecule has 0 unspecified atom stereocenters. The molecule has 302 valence electrons. The van der Waals surface area contributed by atoms with Crippen LogP contribution in [0.15, 0.2) is 188 Å². The second-order valence-corrected chi connectivity index (χ2v) is 18.0. The van der Waals surface area contributed by atoms with Gasteiger partial charge in [0.05, 0.1) is 44.8 Å². The number of benzene rings is 8. The second-order valence-electron chi connectivity index (χ2n) is 18.0. The normalized spacial score (nSPS) is 13.2. The van der Waals surface area contributed by atoms with Crippen LogP contribution in [0.1, 0.15) is 25.0 Å². The molecule has 14 rings (SSSR count). The third-order valence-corrected chi connectivity index (χ3v) is 14.1. The molecule has 0 atom stereocenters. The lowest BCUT2D eigenvalue weighted by Crippen LogP contribution is -2.14. The van der Waals surface area contributed by atoms with E-state index in [0.717, 1.165) is 77.5 Å². The molecule has 5 aromatic heterocycles. The molecule has 8 aromatic carbocycles. The lowest BCUT2D eigenvalue weighted by molar-refractivity contribution is 0.661. The van der Waals surface area contributed by atoms with E-state index in [1.165, 1.54) is 65.3 Å². The summed E-state index contributed by atoms with van der Waals surface area (Å²) in [5.74, 6) is 0. The first-order valence-corrected chi connectivity index (χ1v) is 22.2. The van der Waals surface area contributed by atoms with Crippen LogP contribution in [-0.4, -0.2) is 24.9 Å². The molecule has 5 nitrogen and oxygen atoms in total. The van der Waals surface area contributed by atoms with Crippen molar-refractivity contribution in [1.29, 1.82) is 0 Å². The summed E-state index contributed by atoms with van der Waals surface area (Å²) in [5, 5.41) is 14.2. The van der Waals surface area contributed by atoms with Crippen molar-refractivity contribution in [3.05, 3.63) is 199 Å². The molecule has 0 saturated carbocycles. The van der Waals surface area contributed by atoms with Gasteiger partial charge in [0, 0.05) is 50.5 Å². The van der Waals surface area contributed by atoms with E-state index < -0.39 is 0 Å². The highest BCUT2D eigenvalue weighted by molar-refractivity contribution is 6.27. The number of hydrogen-bond donors (Lipinski definition) is 0. The Bertz CT molecular complexity index is 4190. The molecule has 0 amide bonds. The minimum Gasteiger partial charge on any atom is -0.254 e. The van der Waals surface area contributed by atoms with Crippen LogP contribution in [0, 0.1) is 0 Å². The van der Waals surface area contributed by atoms with Crippen LogP contribution in [0.5, 0.6) is 0 Å². The first-order valence-electron chi connectivity index (χ1n) is 22.2. The van der Waals surface area contributed by atoms with Crippen LogP contribution in [-0.2, 0) is 5.41 Å². The topological polar surface area (TPSA) is 64.5 Å². The zero-order valence-electron chi connectivity index (χ0n) is 35.6. The predicted molar refractivity (Wildman–Crippen MR) is 269 cm³/mol. The standard InChI is InChI=1S/C60H37N5/c1-60(2)50-25-21-37(52-16-7-17-54(63-52)55-26-22-35-19-18-34-10-8-28-61-56(34)57(35)65-55)31-48(50)49-32-46-41-14-6-5-13-40(41)45-30-36(20-23-42(45)47(46)33-51(49)60)53-27-24-44-39-12-4-3-11-38(39)43-15-9-29-62-58(43)59(44)64-53/h3-33H,1-2H3. The summed E-state index contributed by atoms with van der Waals surface area (Å²) in [4.78, 5) is 25.2. The first-order chi connectivity index (χ1) is 32.0. The van der Waals surface area contributed by atoms with Crippen molar-refractivity contribution in [3.8, 4) is 45.0 Å². The number of nitrogens with zero attached hydrogens (tertiary/aromatic N) is 5. The molecule has 0 radical (unpaired) electrons. The molecule has 0 saturated heterocycles. The lowest BCUT2D eigenvalue weighted by Gasteiger charge is -2.22. The number of rotatable bonds is 3. The number of hydrogen-bond acceptors (Lipinski definition) is 5. The van der Waals surface area contributed by atoms with Crippen molar-refractivity contribution < 1.29 is 0 Å². The fourth-order valence-corrected chi connectivity index (χ4v) is 10.9. The summed E-state index contributed by atoms with van der Waals surface area (Å²) in [6.45, 7) is 4.72. The Morgan fingerprint density at radius 2 is 0.831 bits per heavy atom. The van der Waals surface area contributed by atoms with Crippen LogP contribution in [0.2, 0.25) is 0 Å². The Kier molecular flexibility index (Phi) is 7.39. The van der Waals surface area contributed by atoms with Gasteiger partial charge in [-0.15, -0.1) is 0 Å². The van der Waals surface area contributed by atoms with Gasteiger partial charge in [-0.1, -0.05) is 123 Å². The van der Waals surface area contributed by atoms with Crippen molar-refractivity contribution >= 4 is 86.7 Å². The molecular formula is C60H37N5. The van der Waals surface area contributed by atoms with E-state index in [4.69, 9.17) is 19.9 Å². The Morgan fingerprint density at radius 3 is 1.65 bits per heavy atom. The summed E-state index contributed by atoms with van der Waals surface area (Å²) >= 11 is 0. The van der Waals surface area contributed by atoms with E-state index in [1.54, 1.807) is 0 Å². The van der Waals surface area contributed by atoms with Gasteiger partial charge in [-0.2, -0.15) is 0 Å². The Morgan fingerprint density at radius 1 is 0.308 bits per heavy atom. The fourth-order valence-electron chi connectivity index (χ4n) is 10.9. The van der Waals surface area contributed by atoms with Gasteiger partial charge in [-0.3, -0.25) is 9.97 Å². The minimum absolute atomic E-state index is 0.202. The summed E-state index contributed by atoms with van der Waals surface area (Å²) in [5.41, 5.74) is 14.3. The number of pyridine rings is 5. The molecule has 1 aliphatic rings. The molecular weight excluding hydrogens is 791 g/mol. The maximum atomic E-state index is 5.36. The second kappa shape index (κ2) is 13.3. The third kappa shape index (κ3) is 5.24. The number of fused-ring (bicyclic) bond motifs is 18. The van der Waals surface area contributed by atoms with Gasteiger partial charge < -0.3 is 0 Å². The SMILES string of the molecule is CC1(C)c2ccc(-c3cccc(-c4ccc5ccc6cccnc6c5n4)n3)cc2-c2cc3c4ccccc4c4cc(-c5ccc6c7ccccc7c7cccnc7c6n5)ccc4c3cc21. The van der Waals surface area contributed by atoms with E-state index in [1.807, 2.05) is 30.6 Å². The van der Waals surface area contributed by atoms with Crippen LogP contribution >= 0.6 is 0 Å². The molecule has 5 heterocycles. The van der Waals surface area contributed by atoms with Gasteiger partial charge in [0.2, 0.25) is 0 Å². The smallest absolute Gasteiger partial charge is 0.0978 e. The third-order valence-electron chi connectivity index (χ3n) is 14.1. The predicted octanol–water partition coefficient (Wildman–Crippen LogP) is 15.2. The Balaban J connectivity index is 0.901. The van der Waals surface area contributed by atoms with Crippen LogP contribution in [0.25, 0.3) is 132 Å². The van der Waals surface area contributed by atoms with Crippen LogP contribution in [0.3, 0.4) is 0 Å². The van der Waals surface area contributed by atoms with E-state index in [0.29, 0.717) is 0 Å². The van der Waals surface area contributed by atoms with Crippen molar-refractivity contribution in [2.45, 2.75) is 19.3 Å². The van der Waals surface area contributed by atoms with Crippen LogP contribution in [0.4, 0.5) is 0 Å². The fraction of sp³-hybridized carbons (Fsp3) is 0.0500. The lowest BCUT2D eigenvalue weighted by atomic mass is 9.81. The van der Waals surface area contributed by atoms with Crippen molar-refractivity contribution in [2.75, 3.05) is 0 Å². The maximum Gasteiger partial charge on any atom is 0.0978 e. The number of aromatic nitrogens is 5. The first kappa shape index (κ1) is 36.1. The van der Waals surface area contributed by atoms with Gasteiger partial charge in [0.25, 0.3) is 0 Å². The highest BCUT2D eigenvalue weighted by Gasteiger charge is 2.36. The highest BCUT2D eigenvalue weighted by atomic mass is 14.8. The van der Waals surface area contributed by atoms with Gasteiger partial charge in [0.1, 0.15) is 0 Å². The average molecular weight is 828 g/mol. The van der Waals surface area contributed by atoms with E-state index in [-0.39, 0.29) is 5.41 Å². The largest absolute Gasteiger partial charge is 0.254 e. The highest BCUT2D eigenvalue weighted by Crippen LogP contribution is 2.52. The van der Waals surface area contributed by atoms with Gasteiger partial charge in [-0.05, 0) is 132 Å².